The molecular weight excluding hydrogens is 278 g/mol. The van der Waals surface area contributed by atoms with Crippen molar-refractivity contribution >= 4 is 5.57 Å². The van der Waals surface area contributed by atoms with Crippen LogP contribution in [0.4, 0.5) is 0 Å². The number of fused-ring (bicyclic) bond motifs is 1. The molecule has 1 aliphatic heterocycles. The van der Waals surface area contributed by atoms with Crippen molar-refractivity contribution in [2.45, 2.75) is 78.1 Å². The largest absolute Gasteiger partial charge is 0.356 e. The molecule has 1 aromatic rings. The minimum atomic E-state index is -0.885. The fraction of sp³-hybridized carbons (Fsp3) is 0.706. The van der Waals surface area contributed by atoms with Crippen LogP contribution < -0.4 is 0 Å². The van der Waals surface area contributed by atoms with Crippen LogP contribution in [0.2, 0.25) is 0 Å². The molecule has 5 nitrogen and oxygen atoms in total. The molecule has 0 saturated carbocycles. The minimum absolute atomic E-state index is 0.190. The molecule has 0 fully saturated rings. The van der Waals surface area contributed by atoms with Crippen molar-refractivity contribution in [2.75, 3.05) is 0 Å². The summed E-state index contributed by atoms with van der Waals surface area (Å²) >= 11 is 0. The number of nitrogens with zero attached hydrogens (tertiary/aromatic N) is 3. The highest BCUT2D eigenvalue weighted by atomic mass is 16.6. The number of hydrogen-bond donors (Lipinski definition) is 1. The van der Waals surface area contributed by atoms with Gasteiger partial charge < -0.3 is 9.84 Å². The van der Waals surface area contributed by atoms with E-state index in [1.165, 1.54) is 23.3 Å². The summed E-state index contributed by atoms with van der Waals surface area (Å²) in [5.74, 6) is 0. The molecule has 0 spiro atoms. The van der Waals surface area contributed by atoms with Crippen molar-refractivity contribution in [1.29, 1.82) is 0 Å². The van der Waals surface area contributed by atoms with Crippen molar-refractivity contribution in [3.63, 3.8) is 0 Å². The molecule has 1 N–H and O–H groups in total. The van der Waals surface area contributed by atoms with E-state index in [4.69, 9.17) is 4.74 Å². The number of aromatic nitrogens is 2. The maximum atomic E-state index is 10.5. The van der Waals surface area contributed by atoms with E-state index in [-0.39, 0.29) is 11.6 Å². The molecule has 3 rings (SSSR count). The number of allylic oxidation sites excluding steroid dienone is 2. The molecule has 0 bridgehead atoms. The van der Waals surface area contributed by atoms with Gasteiger partial charge in [-0.2, -0.15) is 5.10 Å². The first-order valence-electron chi connectivity index (χ1n) is 8.21. The van der Waals surface area contributed by atoms with Crippen LogP contribution in [-0.2, 0) is 17.8 Å². The lowest BCUT2D eigenvalue weighted by Gasteiger charge is -2.39. The predicted octanol–water partition coefficient (Wildman–Crippen LogP) is 2.75. The maximum absolute atomic E-state index is 10.5. The van der Waals surface area contributed by atoms with Crippen LogP contribution in [-0.4, -0.2) is 37.8 Å². The Morgan fingerprint density at radius 1 is 1.41 bits per heavy atom. The van der Waals surface area contributed by atoms with Crippen LogP contribution in [0.3, 0.4) is 0 Å². The lowest BCUT2D eigenvalue weighted by atomic mass is 10.0. The summed E-state index contributed by atoms with van der Waals surface area (Å²) in [5, 5.41) is 15.0. The van der Waals surface area contributed by atoms with E-state index >= 15 is 0 Å². The summed E-state index contributed by atoms with van der Waals surface area (Å²) in [4.78, 5) is 2.02. The summed E-state index contributed by atoms with van der Waals surface area (Å²) in [6.07, 6.45) is 6.95. The lowest BCUT2D eigenvalue weighted by molar-refractivity contribution is -0.254. The standard InChI is InChI=1S/C17H27N3O2/c1-12-10-20-15(11-19(12)16(21)22-17(2,3)4)14(9-18-20)13-7-5-6-8-13/h7,9,12,16,21H,5-6,8,10-11H2,1-4H3. The fourth-order valence-corrected chi connectivity index (χ4v) is 3.28. The molecule has 1 aliphatic carbocycles. The van der Waals surface area contributed by atoms with Crippen molar-refractivity contribution < 1.29 is 9.84 Å². The molecule has 2 unspecified atom stereocenters. The molecule has 2 aliphatic rings. The first-order chi connectivity index (χ1) is 10.3. The molecule has 5 heteroatoms. The summed E-state index contributed by atoms with van der Waals surface area (Å²) in [6.45, 7) is 9.45. The topological polar surface area (TPSA) is 50.5 Å². The van der Waals surface area contributed by atoms with Gasteiger partial charge in [0, 0.05) is 18.2 Å². The van der Waals surface area contributed by atoms with Crippen LogP contribution >= 0.6 is 0 Å². The molecular formula is C17H27N3O2. The summed E-state index contributed by atoms with van der Waals surface area (Å²) in [6, 6.07) is 0.190. The van der Waals surface area contributed by atoms with Gasteiger partial charge in [0.05, 0.1) is 24.0 Å². The third kappa shape index (κ3) is 3.12. The molecule has 2 heterocycles. The number of aliphatic hydroxyl groups excluding tert-OH is 1. The van der Waals surface area contributed by atoms with Gasteiger partial charge in [0.25, 0.3) is 0 Å². The van der Waals surface area contributed by atoms with Gasteiger partial charge >= 0.3 is 0 Å². The quantitative estimate of drug-likeness (QED) is 0.873. The van der Waals surface area contributed by atoms with E-state index in [0.29, 0.717) is 6.54 Å². The van der Waals surface area contributed by atoms with E-state index in [0.717, 1.165) is 19.4 Å². The van der Waals surface area contributed by atoms with Gasteiger partial charge in [0.15, 0.2) is 0 Å². The van der Waals surface area contributed by atoms with Gasteiger partial charge in [-0.15, -0.1) is 0 Å². The first-order valence-corrected chi connectivity index (χ1v) is 8.21. The Morgan fingerprint density at radius 2 is 2.18 bits per heavy atom. The molecule has 122 valence electrons. The average Bonchev–Trinajstić information content (AvgIpc) is 3.02. The van der Waals surface area contributed by atoms with Crippen molar-refractivity contribution in [1.82, 2.24) is 14.7 Å². The summed E-state index contributed by atoms with van der Waals surface area (Å²) < 4.78 is 7.82. The molecule has 0 amide bonds. The Morgan fingerprint density at radius 3 is 2.82 bits per heavy atom. The fourth-order valence-electron chi connectivity index (χ4n) is 3.28. The van der Waals surface area contributed by atoms with Crippen LogP contribution in [0.1, 0.15) is 58.2 Å². The van der Waals surface area contributed by atoms with Gasteiger partial charge in [0.1, 0.15) is 0 Å². The monoisotopic (exact) mass is 305 g/mol. The van der Waals surface area contributed by atoms with Gasteiger partial charge in [-0.25, -0.2) is 4.90 Å². The van der Waals surface area contributed by atoms with E-state index in [1.807, 2.05) is 31.9 Å². The molecule has 0 radical (unpaired) electrons. The number of aliphatic hydroxyl groups is 1. The highest BCUT2D eigenvalue weighted by molar-refractivity contribution is 5.68. The van der Waals surface area contributed by atoms with Crippen LogP contribution in [0.15, 0.2) is 12.3 Å². The molecule has 0 aromatic carbocycles. The molecule has 2 atom stereocenters. The Labute approximate surface area is 132 Å². The van der Waals surface area contributed by atoms with E-state index in [9.17, 15) is 5.11 Å². The van der Waals surface area contributed by atoms with Gasteiger partial charge in [-0.1, -0.05) is 6.08 Å². The Balaban J connectivity index is 1.82. The van der Waals surface area contributed by atoms with Crippen molar-refractivity contribution in [3.05, 3.63) is 23.5 Å². The molecule has 1 aromatic heterocycles. The minimum Gasteiger partial charge on any atom is -0.356 e. The zero-order valence-corrected chi connectivity index (χ0v) is 14.0. The van der Waals surface area contributed by atoms with Crippen molar-refractivity contribution in [3.8, 4) is 0 Å². The van der Waals surface area contributed by atoms with Crippen LogP contribution in [0.25, 0.3) is 5.57 Å². The number of rotatable bonds is 3. The maximum Gasteiger partial charge on any atom is 0.217 e. The van der Waals surface area contributed by atoms with Gasteiger partial charge in [0.2, 0.25) is 6.41 Å². The van der Waals surface area contributed by atoms with Gasteiger partial charge in [-0.05, 0) is 52.5 Å². The zero-order valence-electron chi connectivity index (χ0n) is 14.0. The predicted molar refractivity (Wildman–Crippen MR) is 85.9 cm³/mol. The normalized spacial score (nSPS) is 24.2. The van der Waals surface area contributed by atoms with Crippen LogP contribution in [0.5, 0.6) is 0 Å². The number of hydrogen-bond acceptors (Lipinski definition) is 4. The highest BCUT2D eigenvalue weighted by Gasteiger charge is 2.33. The lowest BCUT2D eigenvalue weighted by Crippen LogP contribution is -2.50. The second-order valence-electron chi connectivity index (χ2n) is 7.39. The highest BCUT2D eigenvalue weighted by Crippen LogP contribution is 2.33. The van der Waals surface area contributed by atoms with Gasteiger partial charge in [-0.3, -0.25) is 4.68 Å². The third-order valence-electron chi connectivity index (χ3n) is 4.41. The smallest absolute Gasteiger partial charge is 0.217 e. The molecule has 0 saturated heterocycles. The summed E-state index contributed by atoms with van der Waals surface area (Å²) in [5.41, 5.74) is 3.48. The second kappa shape index (κ2) is 5.80. The second-order valence-corrected chi connectivity index (χ2v) is 7.39. The van der Waals surface area contributed by atoms with E-state index in [2.05, 4.69) is 22.8 Å². The average molecular weight is 305 g/mol. The SMILES string of the molecule is CC1Cn2ncc(C3=CCCC3)c2CN1C(O)OC(C)(C)C. The Bertz CT molecular complexity index is 571. The Hall–Kier alpha value is -1.17. The molecule has 22 heavy (non-hydrogen) atoms. The van der Waals surface area contributed by atoms with E-state index < -0.39 is 6.41 Å². The first kappa shape index (κ1) is 15.7. The summed E-state index contributed by atoms with van der Waals surface area (Å²) in [7, 11) is 0. The Kier molecular flexibility index (Phi) is 4.14. The van der Waals surface area contributed by atoms with Crippen molar-refractivity contribution in [2.24, 2.45) is 0 Å². The zero-order chi connectivity index (χ0) is 15.9. The van der Waals surface area contributed by atoms with E-state index in [1.54, 1.807) is 0 Å². The third-order valence-corrected chi connectivity index (χ3v) is 4.41. The van der Waals surface area contributed by atoms with Crippen LogP contribution in [0, 0.1) is 0 Å². The number of ether oxygens (including phenoxy) is 1.